The molecule has 0 amide bonds. The van der Waals surface area contributed by atoms with E-state index >= 15 is 0 Å². The second-order valence-electron chi connectivity index (χ2n) is 3.52. The van der Waals surface area contributed by atoms with E-state index in [0.717, 1.165) is 10.0 Å². The normalized spacial score (nSPS) is 11.6. The van der Waals surface area contributed by atoms with Gasteiger partial charge in [-0.15, -0.1) is 0 Å². The van der Waals surface area contributed by atoms with Gasteiger partial charge in [-0.1, -0.05) is 15.9 Å². The van der Waals surface area contributed by atoms with Gasteiger partial charge in [0.2, 0.25) is 0 Å². The minimum atomic E-state index is -4.34. The Balaban J connectivity index is 2.51. The Labute approximate surface area is 111 Å². The Hall–Kier alpha value is -0.790. The molecule has 0 fully saturated rings. The fourth-order valence-electron chi connectivity index (χ4n) is 1.30. The first-order valence-corrected chi connectivity index (χ1v) is 5.97. The van der Waals surface area contributed by atoms with Gasteiger partial charge in [-0.2, -0.15) is 13.2 Å². The molecule has 0 heterocycles. The molecular weight excluding hydrogens is 315 g/mol. The summed E-state index contributed by atoms with van der Waals surface area (Å²) in [6.45, 7) is -1.34. The molecule has 0 aliphatic heterocycles. The predicted molar refractivity (Wildman–Crippen MR) is 64.4 cm³/mol. The van der Waals surface area contributed by atoms with Gasteiger partial charge >= 0.3 is 6.18 Å². The maximum Gasteiger partial charge on any atom is 0.411 e. The molecule has 0 unspecified atom stereocenters. The summed E-state index contributed by atoms with van der Waals surface area (Å²) < 4.78 is 45.9. The van der Waals surface area contributed by atoms with Crippen LogP contribution in [-0.4, -0.2) is 26.1 Å². The van der Waals surface area contributed by atoms with Gasteiger partial charge in [0, 0.05) is 4.47 Å². The van der Waals surface area contributed by atoms with Crippen LogP contribution in [0.5, 0.6) is 5.75 Å². The molecule has 0 saturated carbocycles. The summed E-state index contributed by atoms with van der Waals surface area (Å²) in [4.78, 5) is 0. The fraction of sp³-hybridized carbons (Fsp3) is 0.455. The van der Waals surface area contributed by atoms with Crippen molar-refractivity contribution in [2.75, 3.05) is 19.9 Å². The topological polar surface area (TPSA) is 44.5 Å². The SMILES string of the molecule is NCCc1cc(Br)ccc1OCOCC(F)(F)F. The van der Waals surface area contributed by atoms with Crippen molar-refractivity contribution in [3.8, 4) is 5.75 Å². The third kappa shape index (κ3) is 5.70. The van der Waals surface area contributed by atoms with E-state index in [1.54, 1.807) is 12.1 Å². The maximum absolute atomic E-state index is 11.8. The van der Waals surface area contributed by atoms with E-state index in [1.165, 1.54) is 0 Å². The van der Waals surface area contributed by atoms with E-state index in [4.69, 9.17) is 10.5 Å². The number of alkyl halides is 3. The lowest BCUT2D eigenvalue weighted by Gasteiger charge is -2.12. The van der Waals surface area contributed by atoms with Gasteiger partial charge in [0.15, 0.2) is 6.79 Å². The lowest BCUT2D eigenvalue weighted by Crippen LogP contribution is -2.19. The van der Waals surface area contributed by atoms with Gasteiger partial charge in [-0.05, 0) is 36.7 Å². The Morgan fingerprint density at radius 1 is 1.28 bits per heavy atom. The van der Waals surface area contributed by atoms with Crippen LogP contribution in [0, 0.1) is 0 Å². The number of hydrogen-bond donors (Lipinski definition) is 1. The molecule has 0 aliphatic carbocycles. The molecule has 0 radical (unpaired) electrons. The summed E-state index contributed by atoms with van der Waals surface area (Å²) in [6.07, 6.45) is -3.77. The minimum Gasteiger partial charge on any atom is -0.467 e. The van der Waals surface area contributed by atoms with Gasteiger partial charge in [0.05, 0.1) is 0 Å². The second-order valence-corrected chi connectivity index (χ2v) is 4.43. The van der Waals surface area contributed by atoms with Crippen LogP contribution in [0.3, 0.4) is 0 Å². The van der Waals surface area contributed by atoms with Crippen LogP contribution in [0.15, 0.2) is 22.7 Å². The summed E-state index contributed by atoms with van der Waals surface area (Å²) in [5, 5.41) is 0. The number of ether oxygens (including phenoxy) is 2. The average Bonchev–Trinajstić information content (AvgIpc) is 2.26. The van der Waals surface area contributed by atoms with Crippen LogP contribution < -0.4 is 10.5 Å². The highest BCUT2D eigenvalue weighted by atomic mass is 79.9. The molecule has 0 atom stereocenters. The molecule has 0 spiro atoms. The first kappa shape index (κ1) is 15.3. The van der Waals surface area contributed by atoms with E-state index in [-0.39, 0.29) is 0 Å². The van der Waals surface area contributed by atoms with E-state index in [9.17, 15) is 13.2 Å². The summed E-state index contributed by atoms with van der Waals surface area (Å²) in [6, 6.07) is 5.21. The zero-order chi connectivity index (χ0) is 13.6. The van der Waals surface area contributed by atoms with Gasteiger partial charge in [-0.3, -0.25) is 0 Å². The third-order valence-electron chi connectivity index (χ3n) is 2.00. The standard InChI is InChI=1S/C11H13BrF3NO2/c12-9-1-2-10(8(5-9)3-4-16)18-7-17-6-11(13,14)15/h1-2,5H,3-4,6-7,16H2. The van der Waals surface area contributed by atoms with Crippen molar-refractivity contribution < 1.29 is 22.6 Å². The molecule has 0 saturated heterocycles. The smallest absolute Gasteiger partial charge is 0.411 e. The van der Waals surface area contributed by atoms with Crippen LogP contribution >= 0.6 is 15.9 Å². The van der Waals surface area contributed by atoms with Gasteiger partial charge in [0.25, 0.3) is 0 Å². The Bertz CT molecular complexity index is 385. The Morgan fingerprint density at radius 3 is 2.61 bits per heavy atom. The molecule has 0 bridgehead atoms. The van der Waals surface area contributed by atoms with E-state index < -0.39 is 19.6 Å². The quantitative estimate of drug-likeness (QED) is 0.645. The van der Waals surface area contributed by atoms with Gasteiger partial charge in [-0.25, -0.2) is 0 Å². The maximum atomic E-state index is 11.8. The number of nitrogens with two attached hydrogens (primary N) is 1. The molecule has 1 aromatic carbocycles. The lowest BCUT2D eigenvalue weighted by atomic mass is 10.1. The van der Waals surface area contributed by atoms with Crippen molar-refractivity contribution in [2.45, 2.75) is 12.6 Å². The molecule has 0 aromatic heterocycles. The molecule has 3 nitrogen and oxygen atoms in total. The molecule has 7 heteroatoms. The molecule has 0 aliphatic rings. The number of halogens is 4. The summed E-state index contributed by atoms with van der Waals surface area (Å²) >= 11 is 3.30. The highest BCUT2D eigenvalue weighted by molar-refractivity contribution is 9.10. The number of rotatable bonds is 6. The van der Waals surface area contributed by atoms with Crippen molar-refractivity contribution in [3.05, 3.63) is 28.2 Å². The summed E-state index contributed by atoms with van der Waals surface area (Å²) in [5.41, 5.74) is 6.26. The highest BCUT2D eigenvalue weighted by Crippen LogP contribution is 2.23. The Morgan fingerprint density at radius 2 is 2.00 bits per heavy atom. The number of benzene rings is 1. The zero-order valence-corrected chi connectivity index (χ0v) is 11.1. The summed E-state index contributed by atoms with van der Waals surface area (Å²) in [7, 11) is 0. The van der Waals surface area contributed by atoms with Crippen molar-refractivity contribution >= 4 is 15.9 Å². The molecule has 102 valence electrons. The molecule has 2 N–H and O–H groups in total. The lowest BCUT2D eigenvalue weighted by molar-refractivity contribution is -0.186. The van der Waals surface area contributed by atoms with E-state index in [0.29, 0.717) is 18.7 Å². The minimum absolute atomic E-state index is 0.427. The van der Waals surface area contributed by atoms with Gasteiger partial charge in [0.1, 0.15) is 12.4 Å². The Kier molecular flexibility index (Phi) is 5.90. The predicted octanol–water partition coefficient (Wildman–Crippen LogP) is 2.87. The average molecular weight is 328 g/mol. The van der Waals surface area contributed by atoms with Crippen molar-refractivity contribution in [1.29, 1.82) is 0 Å². The van der Waals surface area contributed by atoms with Crippen LogP contribution in [0.1, 0.15) is 5.56 Å². The van der Waals surface area contributed by atoms with Crippen molar-refractivity contribution in [3.63, 3.8) is 0 Å². The molecule has 1 aromatic rings. The zero-order valence-electron chi connectivity index (χ0n) is 9.47. The van der Waals surface area contributed by atoms with Crippen LogP contribution in [0.4, 0.5) is 13.2 Å². The molecule has 1 rings (SSSR count). The largest absolute Gasteiger partial charge is 0.467 e. The van der Waals surface area contributed by atoms with Crippen LogP contribution in [0.2, 0.25) is 0 Å². The second kappa shape index (κ2) is 6.96. The molecule has 18 heavy (non-hydrogen) atoms. The van der Waals surface area contributed by atoms with Crippen molar-refractivity contribution in [2.24, 2.45) is 5.73 Å². The van der Waals surface area contributed by atoms with Crippen molar-refractivity contribution in [1.82, 2.24) is 0 Å². The third-order valence-corrected chi connectivity index (χ3v) is 2.49. The number of hydrogen-bond acceptors (Lipinski definition) is 3. The van der Waals surface area contributed by atoms with Crippen LogP contribution in [0.25, 0.3) is 0 Å². The van der Waals surface area contributed by atoms with E-state index in [1.807, 2.05) is 6.07 Å². The highest BCUT2D eigenvalue weighted by Gasteiger charge is 2.27. The molecular formula is C11H13BrF3NO2. The van der Waals surface area contributed by atoms with Crippen LogP contribution in [-0.2, 0) is 11.2 Å². The van der Waals surface area contributed by atoms with E-state index in [2.05, 4.69) is 20.7 Å². The summed E-state index contributed by atoms with van der Waals surface area (Å²) in [5.74, 6) is 0.478. The first-order valence-electron chi connectivity index (χ1n) is 5.18. The first-order chi connectivity index (χ1) is 8.42. The van der Waals surface area contributed by atoms with Gasteiger partial charge < -0.3 is 15.2 Å². The fourth-order valence-corrected chi connectivity index (χ4v) is 1.71. The monoisotopic (exact) mass is 327 g/mol.